The van der Waals surface area contributed by atoms with E-state index in [0.29, 0.717) is 6.54 Å². The van der Waals surface area contributed by atoms with Crippen molar-refractivity contribution in [2.75, 3.05) is 19.6 Å². The lowest BCUT2D eigenvalue weighted by atomic mass is 10.2. The fraction of sp³-hybridized carbons (Fsp3) is 1.00. The van der Waals surface area contributed by atoms with Crippen LogP contribution in [0, 0.1) is 0 Å². The highest BCUT2D eigenvalue weighted by molar-refractivity contribution is 7.90. The molecule has 0 saturated carbocycles. The molecule has 16 heavy (non-hydrogen) atoms. The first-order valence-corrected chi connectivity index (χ1v) is 7.90. The smallest absolute Gasteiger partial charge is 0.214 e. The zero-order valence-electron chi connectivity index (χ0n) is 10.2. The average molecular weight is 248 g/mol. The average Bonchev–Trinajstić information content (AvgIpc) is 2.30. The molecule has 0 bridgehead atoms. The molecule has 0 amide bonds. The van der Waals surface area contributed by atoms with E-state index in [9.17, 15) is 8.42 Å². The van der Waals surface area contributed by atoms with Crippen molar-refractivity contribution in [1.29, 1.82) is 0 Å². The third kappa shape index (κ3) is 4.80. The second-order valence-corrected chi connectivity index (χ2v) is 6.49. The summed E-state index contributed by atoms with van der Waals surface area (Å²) >= 11 is 0. The number of rotatable bonds is 7. The molecule has 0 unspecified atom stereocenters. The van der Waals surface area contributed by atoms with E-state index in [0.717, 1.165) is 38.8 Å². The molecule has 0 atom stereocenters. The second kappa shape index (κ2) is 7.25. The van der Waals surface area contributed by atoms with Gasteiger partial charge in [-0.25, -0.2) is 13.1 Å². The number of nitrogens with one attached hydrogen (secondary N) is 2. The van der Waals surface area contributed by atoms with Crippen molar-refractivity contribution in [2.24, 2.45) is 0 Å². The van der Waals surface area contributed by atoms with Gasteiger partial charge in [0.1, 0.15) is 0 Å². The predicted octanol–water partition coefficient (Wildman–Crippen LogP) is 1.24. The van der Waals surface area contributed by atoms with Gasteiger partial charge in [0.05, 0.1) is 5.25 Å². The van der Waals surface area contributed by atoms with Gasteiger partial charge in [-0.05, 0) is 32.4 Å². The van der Waals surface area contributed by atoms with Gasteiger partial charge in [0.2, 0.25) is 10.0 Å². The van der Waals surface area contributed by atoms with Gasteiger partial charge in [0.25, 0.3) is 0 Å². The van der Waals surface area contributed by atoms with E-state index in [1.165, 1.54) is 12.8 Å². The molecule has 1 aliphatic heterocycles. The molecule has 0 aliphatic carbocycles. The largest absolute Gasteiger partial charge is 0.317 e. The van der Waals surface area contributed by atoms with E-state index in [-0.39, 0.29) is 5.25 Å². The summed E-state index contributed by atoms with van der Waals surface area (Å²) in [6.45, 7) is 4.40. The highest BCUT2D eigenvalue weighted by Gasteiger charge is 2.26. The van der Waals surface area contributed by atoms with Gasteiger partial charge in [-0.3, -0.25) is 0 Å². The molecule has 1 aliphatic rings. The molecule has 2 N–H and O–H groups in total. The molecule has 1 rings (SSSR count). The van der Waals surface area contributed by atoms with Crippen LogP contribution >= 0.6 is 0 Å². The third-order valence-corrected chi connectivity index (χ3v) is 5.01. The highest BCUT2D eigenvalue weighted by Crippen LogP contribution is 2.11. The van der Waals surface area contributed by atoms with Crippen molar-refractivity contribution in [2.45, 2.75) is 50.7 Å². The first-order chi connectivity index (χ1) is 7.67. The van der Waals surface area contributed by atoms with E-state index in [1.807, 2.05) is 0 Å². The zero-order valence-corrected chi connectivity index (χ0v) is 11.0. The van der Waals surface area contributed by atoms with Crippen molar-refractivity contribution < 1.29 is 8.42 Å². The number of piperidine rings is 1. The summed E-state index contributed by atoms with van der Waals surface area (Å²) < 4.78 is 26.5. The summed E-state index contributed by atoms with van der Waals surface area (Å²) in [6, 6.07) is 0. The molecule has 96 valence electrons. The van der Waals surface area contributed by atoms with Gasteiger partial charge < -0.3 is 5.32 Å². The Morgan fingerprint density at radius 3 is 2.50 bits per heavy atom. The van der Waals surface area contributed by atoms with Gasteiger partial charge >= 0.3 is 0 Å². The lowest BCUT2D eigenvalue weighted by Crippen LogP contribution is -2.41. The van der Waals surface area contributed by atoms with Crippen LogP contribution in [0.15, 0.2) is 0 Å². The van der Waals surface area contributed by atoms with Gasteiger partial charge in [-0.2, -0.15) is 0 Å². The third-order valence-electron chi connectivity index (χ3n) is 3.06. The quantitative estimate of drug-likeness (QED) is 0.666. The van der Waals surface area contributed by atoms with E-state index < -0.39 is 10.0 Å². The van der Waals surface area contributed by atoms with Crippen molar-refractivity contribution >= 4 is 10.0 Å². The van der Waals surface area contributed by atoms with Crippen molar-refractivity contribution in [3.63, 3.8) is 0 Å². The molecule has 1 saturated heterocycles. The standard InChI is InChI=1S/C11H24N2O2S/c1-2-3-4-5-8-13-16(14,15)11-6-9-12-10-7-11/h11-13H,2-10H2,1H3. The second-order valence-electron chi connectivity index (χ2n) is 4.45. The summed E-state index contributed by atoms with van der Waals surface area (Å²) in [7, 11) is -3.06. The van der Waals surface area contributed by atoms with Crippen LogP contribution in [0.3, 0.4) is 0 Å². The number of hydrogen-bond acceptors (Lipinski definition) is 3. The number of unbranched alkanes of at least 4 members (excludes halogenated alkanes) is 3. The van der Waals surface area contributed by atoms with Crippen LogP contribution in [0.1, 0.15) is 45.4 Å². The van der Waals surface area contributed by atoms with Crippen LogP contribution in [-0.4, -0.2) is 33.3 Å². The Labute approximate surface area is 99.2 Å². The Bertz CT molecular complexity index is 272. The van der Waals surface area contributed by atoms with Crippen molar-refractivity contribution in [3.05, 3.63) is 0 Å². The molecular weight excluding hydrogens is 224 g/mol. The summed E-state index contributed by atoms with van der Waals surface area (Å²) in [4.78, 5) is 0. The highest BCUT2D eigenvalue weighted by atomic mass is 32.2. The topological polar surface area (TPSA) is 58.2 Å². The molecule has 0 aromatic carbocycles. The van der Waals surface area contributed by atoms with Gasteiger partial charge in [-0.15, -0.1) is 0 Å². The SMILES string of the molecule is CCCCCCNS(=O)(=O)C1CCNCC1. The van der Waals surface area contributed by atoms with Crippen LogP contribution in [0.5, 0.6) is 0 Å². The Morgan fingerprint density at radius 1 is 1.19 bits per heavy atom. The minimum atomic E-state index is -3.06. The van der Waals surface area contributed by atoms with Crippen LogP contribution in [0.4, 0.5) is 0 Å². The fourth-order valence-corrected chi connectivity index (χ4v) is 3.51. The molecular formula is C11H24N2O2S. The minimum absolute atomic E-state index is 0.181. The predicted molar refractivity (Wildman–Crippen MR) is 67.0 cm³/mol. The Kier molecular flexibility index (Phi) is 6.31. The molecule has 5 heteroatoms. The van der Waals surface area contributed by atoms with Crippen molar-refractivity contribution in [3.8, 4) is 0 Å². The zero-order chi connectivity index (χ0) is 11.9. The lowest BCUT2D eigenvalue weighted by molar-refractivity contribution is 0.488. The summed E-state index contributed by atoms with van der Waals surface area (Å²) in [6.07, 6.45) is 5.92. The number of sulfonamides is 1. The fourth-order valence-electron chi connectivity index (χ4n) is 1.99. The number of hydrogen-bond donors (Lipinski definition) is 2. The Hall–Kier alpha value is -0.130. The maximum absolute atomic E-state index is 11.9. The Morgan fingerprint density at radius 2 is 1.88 bits per heavy atom. The van der Waals surface area contributed by atoms with Crippen LogP contribution in [-0.2, 0) is 10.0 Å². The molecule has 1 fully saturated rings. The van der Waals surface area contributed by atoms with Crippen LogP contribution < -0.4 is 10.0 Å². The first kappa shape index (κ1) is 13.9. The molecule has 0 aromatic heterocycles. The monoisotopic (exact) mass is 248 g/mol. The maximum Gasteiger partial charge on any atom is 0.214 e. The molecule has 0 aromatic rings. The van der Waals surface area contributed by atoms with Gasteiger partial charge in [-0.1, -0.05) is 26.2 Å². The lowest BCUT2D eigenvalue weighted by Gasteiger charge is -2.22. The van der Waals surface area contributed by atoms with E-state index in [2.05, 4.69) is 17.0 Å². The molecule has 0 radical (unpaired) electrons. The minimum Gasteiger partial charge on any atom is -0.317 e. The van der Waals surface area contributed by atoms with Crippen molar-refractivity contribution in [1.82, 2.24) is 10.0 Å². The molecule has 4 nitrogen and oxygen atoms in total. The Balaban J connectivity index is 2.22. The van der Waals surface area contributed by atoms with Gasteiger partial charge in [0.15, 0.2) is 0 Å². The normalized spacial score (nSPS) is 18.8. The summed E-state index contributed by atoms with van der Waals surface area (Å²) in [5, 5.41) is 3.00. The summed E-state index contributed by atoms with van der Waals surface area (Å²) in [5.74, 6) is 0. The first-order valence-electron chi connectivity index (χ1n) is 6.36. The van der Waals surface area contributed by atoms with E-state index in [1.54, 1.807) is 0 Å². The van der Waals surface area contributed by atoms with Gasteiger partial charge in [0, 0.05) is 6.54 Å². The summed E-state index contributed by atoms with van der Waals surface area (Å²) in [5.41, 5.74) is 0. The van der Waals surface area contributed by atoms with Crippen LogP contribution in [0.2, 0.25) is 0 Å². The molecule has 0 spiro atoms. The van der Waals surface area contributed by atoms with E-state index >= 15 is 0 Å². The molecule has 1 heterocycles. The maximum atomic E-state index is 11.9. The van der Waals surface area contributed by atoms with Crippen LogP contribution in [0.25, 0.3) is 0 Å². The van der Waals surface area contributed by atoms with E-state index in [4.69, 9.17) is 0 Å².